The Labute approximate surface area is 131 Å². The summed E-state index contributed by atoms with van der Waals surface area (Å²) in [6.45, 7) is 0. The molecular formula is C15H22N2O2S2. The Morgan fingerprint density at radius 1 is 1.10 bits per heavy atom. The Bertz CT molecular complexity index is 582. The van der Waals surface area contributed by atoms with Crippen LogP contribution in [-0.2, 0) is 10.0 Å². The molecule has 1 aromatic carbocycles. The van der Waals surface area contributed by atoms with Gasteiger partial charge in [0.25, 0.3) is 0 Å². The minimum absolute atomic E-state index is 0.147. The van der Waals surface area contributed by atoms with Gasteiger partial charge in [0, 0.05) is 23.0 Å². The molecule has 2 atom stereocenters. The van der Waals surface area contributed by atoms with Crippen LogP contribution in [0.2, 0.25) is 0 Å². The van der Waals surface area contributed by atoms with Crippen LogP contribution in [0.3, 0.4) is 0 Å². The van der Waals surface area contributed by atoms with E-state index in [2.05, 4.69) is 16.3 Å². The van der Waals surface area contributed by atoms with E-state index in [9.17, 15) is 8.42 Å². The molecule has 0 radical (unpaired) electrons. The standard InChI is InChI=1S/C15H22N2O2S2/c1-20-15-4-2-3-14(15)16-11-7-9-13(10-8-11)21(18,19)17-12-5-6-12/h7-10,12,14-17H,2-6H2,1H3. The lowest BCUT2D eigenvalue weighted by Crippen LogP contribution is -2.26. The molecule has 0 aromatic heterocycles. The third-order valence-electron chi connectivity index (χ3n) is 4.17. The third kappa shape index (κ3) is 3.73. The van der Waals surface area contributed by atoms with Gasteiger partial charge in [-0.2, -0.15) is 11.8 Å². The number of nitrogens with one attached hydrogen (secondary N) is 2. The summed E-state index contributed by atoms with van der Waals surface area (Å²) in [5.41, 5.74) is 1.01. The molecule has 0 saturated heterocycles. The molecule has 0 aliphatic heterocycles. The van der Waals surface area contributed by atoms with E-state index < -0.39 is 10.0 Å². The lowest BCUT2D eigenvalue weighted by atomic mass is 10.2. The summed E-state index contributed by atoms with van der Waals surface area (Å²) < 4.78 is 26.9. The van der Waals surface area contributed by atoms with E-state index in [4.69, 9.17) is 0 Å². The molecule has 2 saturated carbocycles. The van der Waals surface area contributed by atoms with Crippen molar-refractivity contribution in [2.75, 3.05) is 11.6 Å². The molecule has 116 valence electrons. The van der Waals surface area contributed by atoms with Gasteiger partial charge in [0.15, 0.2) is 0 Å². The number of thioether (sulfide) groups is 1. The normalized spacial score (nSPS) is 26.0. The molecule has 0 amide bonds. The first-order chi connectivity index (χ1) is 10.1. The van der Waals surface area contributed by atoms with Gasteiger partial charge in [-0.25, -0.2) is 13.1 Å². The van der Waals surface area contributed by atoms with Crippen LogP contribution in [0.25, 0.3) is 0 Å². The fraction of sp³-hybridized carbons (Fsp3) is 0.600. The number of hydrogen-bond donors (Lipinski definition) is 2. The van der Waals surface area contributed by atoms with Gasteiger partial charge in [-0.05, 0) is 56.2 Å². The zero-order chi connectivity index (χ0) is 14.9. The molecule has 2 N–H and O–H groups in total. The van der Waals surface area contributed by atoms with Gasteiger partial charge in [-0.3, -0.25) is 0 Å². The van der Waals surface area contributed by atoms with E-state index in [1.54, 1.807) is 12.1 Å². The van der Waals surface area contributed by atoms with Crippen LogP contribution in [0.5, 0.6) is 0 Å². The Balaban J connectivity index is 1.66. The van der Waals surface area contributed by atoms with Crippen molar-refractivity contribution < 1.29 is 8.42 Å². The highest BCUT2D eigenvalue weighted by Gasteiger charge is 2.28. The van der Waals surface area contributed by atoms with Crippen molar-refractivity contribution in [2.24, 2.45) is 0 Å². The molecule has 2 unspecified atom stereocenters. The summed E-state index contributed by atoms with van der Waals surface area (Å²) in [7, 11) is -3.34. The lowest BCUT2D eigenvalue weighted by Gasteiger charge is -2.20. The van der Waals surface area contributed by atoms with Gasteiger partial charge in [0.2, 0.25) is 10.0 Å². The van der Waals surface area contributed by atoms with Gasteiger partial charge in [-0.1, -0.05) is 6.42 Å². The molecule has 0 bridgehead atoms. The molecule has 2 aliphatic carbocycles. The number of sulfonamides is 1. The smallest absolute Gasteiger partial charge is 0.240 e. The third-order valence-corrected chi connectivity index (χ3v) is 6.88. The van der Waals surface area contributed by atoms with E-state index in [0.717, 1.165) is 18.5 Å². The maximum absolute atomic E-state index is 12.1. The van der Waals surface area contributed by atoms with Gasteiger partial charge in [-0.15, -0.1) is 0 Å². The molecule has 3 rings (SSSR count). The monoisotopic (exact) mass is 326 g/mol. The van der Waals surface area contributed by atoms with E-state index in [1.807, 2.05) is 23.9 Å². The molecule has 6 heteroatoms. The van der Waals surface area contributed by atoms with Crippen LogP contribution in [0.1, 0.15) is 32.1 Å². The number of benzene rings is 1. The zero-order valence-electron chi connectivity index (χ0n) is 12.2. The van der Waals surface area contributed by atoms with Crippen molar-refractivity contribution in [3.63, 3.8) is 0 Å². The Hall–Kier alpha value is -0.720. The van der Waals surface area contributed by atoms with E-state index in [0.29, 0.717) is 16.2 Å². The van der Waals surface area contributed by atoms with Crippen molar-refractivity contribution >= 4 is 27.5 Å². The average Bonchev–Trinajstić information content (AvgIpc) is 3.15. The van der Waals surface area contributed by atoms with Crippen LogP contribution < -0.4 is 10.0 Å². The molecule has 4 nitrogen and oxygen atoms in total. The van der Waals surface area contributed by atoms with Crippen molar-refractivity contribution in [1.82, 2.24) is 4.72 Å². The predicted octanol–water partition coefficient (Wildman–Crippen LogP) is 2.82. The van der Waals surface area contributed by atoms with Crippen LogP contribution in [0, 0.1) is 0 Å². The minimum Gasteiger partial charge on any atom is -0.381 e. The number of hydrogen-bond acceptors (Lipinski definition) is 4. The zero-order valence-corrected chi connectivity index (χ0v) is 13.8. The second-order valence-electron chi connectivity index (χ2n) is 5.88. The topological polar surface area (TPSA) is 58.2 Å². The predicted molar refractivity (Wildman–Crippen MR) is 88.4 cm³/mol. The molecule has 0 spiro atoms. The van der Waals surface area contributed by atoms with Gasteiger partial charge in [0.1, 0.15) is 0 Å². The molecule has 2 aliphatic rings. The maximum atomic E-state index is 12.1. The molecular weight excluding hydrogens is 304 g/mol. The van der Waals surface area contributed by atoms with Crippen LogP contribution in [-0.4, -0.2) is 32.0 Å². The highest BCUT2D eigenvalue weighted by Crippen LogP contribution is 2.31. The first-order valence-corrected chi connectivity index (χ1v) is 10.3. The minimum atomic E-state index is -3.34. The lowest BCUT2D eigenvalue weighted by molar-refractivity contribution is 0.581. The first-order valence-electron chi connectivity index (χ1n) is 7.50. The Morgan fingerprint density at radius 2 is 1.81 bits per heavy atom. The highest BCUT2D eigenvalue weighted by molar-refractivity contribution is 7.99. The van der Waals surface area contributed by atoms with Crippen molar-refractivity contribution in [3.8, 4) is 0 Å². The fourth-order valence-electron chi connectivity index (χ4n) is 2.81. The number of anilines is 1. The largest absolute Gasteiger partial charge is 0.381 e. The highest BCUT2D eigenvalue weighted by atomic mass is 32.2. The molecule has 21 heavy (non-hydrogen) atoms. The van der Waals surface area contributed by atoms with Crippen molar-refractivity contribution in [1.29, 1.82) is 0 Å². The quantitative estimate of drug-likeness (QED) is 0.844. The van der Waals surface area contributed by atoms with Crippen molar-refractivity contribution in [3.05, 3.63) is 24.3 Å². The summed E-state index contributed by atoms with van der Waals surface area (Å²) in [5.74, 6) is 0. The van der Waals surface area contributed by atoms with Crippen LogP contribution in [0.4, 0.5) is 5.69 Å². The van der Waals surface area contributed by atoms with E-state index in [-0.39, 0.29) is 6.04 Å². The molecule has 0 heterocycles. The fourth-order valence-corrected chi connectivity index (χ4v) is 5.05. The molecule has 1 aromatic rings. The summed E-state index contributed by atoms with van der Waals surface area (Å²) in [6, 6.07) is 7.77. The maximum Gasteiger partial charge on any atom is 0.240 e. The van der Waals surface area contributed by atoms with Gasteiger partial charge >= 0.3 is 0 Å². The average molecular weight is 326 g/mol. The van der Waals surface area contributed by atoms with Gasteiger partial charge in [0.05, 0.1) is 4.90 Å². The molecule has 2 fully saturated rings. The Morgan fingerprint density at radius 3 is 2.43 bits per heavy atom. The summed E-state index contributed by atoms with van der Waals surface area (Å²) >= 11 is 1.91. The van der Waals surface area contributed by atoms with Crippen molar-refractivity contribution in [2.45, 2.75) is 54.3 Å². The second kappa shape index (κ2) is 6.18. The summed E-state index contributed by atoms with van der Waals surface area (Å²) in [5, 5.41) is 4.19. The number of rotatable bonds is 6. The summed E-state index contributed by atoms with van der Waals surface area (Å²) in [6.07, 6.45) is 7.78. The van der Waals surface area contributed by atoms with E-state index in [1.165, 1.54) is 19.3 Å². The summed E-state index contributed by atoms with van der Waals surface area (Å²) in [4.78, 5) is 0.354. The van der Waals surface area contributed by atoms with Crippen LogP contribution >= 0.6 is 11.8 Å². The SMILES string of the molecule is CSC1CCCC1Nc1ccc(S(=O)(=O)NC2CC2)cc1. The van der Waals surface area contributed by atoms with E-state index >= 15 is 0 Å². The first kappa shape index (κ1) is 15.2. The second-order valence-corrected chi connectivity index (χ2v) is 8.67. The van der Waals surface area contributed by atoms with Crippen LogP contribution in [0.15, 0.2) is 29.2 Å². The Kier molecular flexibility index (Phi) is 4.47. The van der Waals surface area contributed by atoms with Gasteiger partial charge < -0.3 is 5.32 Å².